The van der Waals surface area contributed by atoms with Crippen molar-refractivity contribution < 1.29 is 18.0 Å². The van der Waals surface area contributed by atoms with E-state index in [-0.39, 0.29) is 25.3 Å². The Balaban J connectivity index is 1.61. The van der Waals surface area contributed by atoms with Crippen molar-refractivity contribution in [3.05, 3.63) is 30.2 Å². The van der Waals surface area contributed by atoms with Gasteiger partial charge in [-0.15, -0.1) is 10.2 Å². The summed E-state index contributed by atoms with van der Waals surface area (Å²) < 4.78 is 40.2. The zero-order valence-corrected chi connectivity index (χ0v) is 12.4. The normalized spacial score (nSPS) is 22.2. The van der Waals surface area contributed by atoms with Crippen molar-refractivity contribution in [2.75, 3.05) is 0 Å². The second kappa shape index (κ2) is 6.17. The summed E-state index contributed by atoms with van der Waals surface area (Å²) in [6.45, 7) is 0.150. The van der Waals surface area contributed by atoms with Gasteiger partial charge in [-0.3, -0.25) is 9.20 Å². The summed E-state index contributed by atoms with van der Waals surface area (Å²) >= 11 is 0. The molecule has 3 rings (SSSR count). The minimum Gasteiger partial charge on any atom is -0.349 e. The van der Waals surface area contributed by atoms with Crippen LogP contribution in [0.4, 0.5) is 13.2 Å². The summed E-state index contributed by atoms with van der Waals surface area (Å²) in [4.78, 5) is 12.2. The minimum absolute atomic E-state index is 0.113. The maximum Gasteiger partial charge on any atom is 0.391 e. The summed E-state index contributed by atoms with van der Waals surface area (Å²) in [5.74, 6) is -1.75. The molecule has 0 unspecified atom stereocenters. The van der Waals surface area contributed by atoms with E-state index in [1.807, 2.05) is 12.1 Å². The maximum atomic E-state index is 12.8. The highest BCUT2D eigenvalue weighted by atomic mass is 19.4. The average Bonchev–Trinajstić information content (AvgIpc) is 2.95. The van der Waals surface area contributed by atoms with Crippen molar-refractivity contribution >= 4 is 11.6 Å². The lowest BCUT2D eigenvalue weighted by Crippen LogP contribution is -2.37. The topological polar surface area (TPSA) is 59.3 Å². The third kappa shape index (κ3) is 3.46. The number of fused-ring (bicyclic) bond motifs is 1. The third-order valence-electron chi connectivity index (χ3n) is 4.31. The molecule has 1 N–H and O–H groups in total. The minimum atomic E-state index is -4.22. The number of hydrogen-bond acceptors (Lipinski definition) is 3. The monoisotopic (exact) mass is 326 g/mol. The van der Waals surface area contributed by atoms with Crippen LogP contribution in [0.25, 0.3) is 5.65 Å². The van der Waals surface area contributed by atoms with Crippen molar-refractivity contribution in [1.29, 1.82) is 0 Å². The molecule has 8 heteroatoms. The lowest BCUT2D eigenvalue weighted by molar-refractivity contribution is -0.186. The molecule has 1 aliphatic carbocycles. The van der Waals surface area contributed by atoms with Gasteiger partial charge in [0, 0.05) is 12.1 Å². The molecule has 2 heterocycles. The summed E-state index contributed by atoms with van der Waals surface area (Å²) in [5.41, 5.74) is 0.659. The number of rotatable bonds is 3. The van der Waals surface area contributed by atoms with Crippen LogP contribution in [0, 0.1) is 11.8 Å². The van der Waals surface area contributed by atoms with Crippen LogP contribution in [0.3, 0.4) is 0 Å². The Kier molecular flexibility index (Phi) is 4.23. The number of hydrogen-bond donors (Lipinski definition) is 1. The van der Waals surface area contributed by atoms with Crippen LogP contribution >= 0.6 is 0 Å². The van der Waals surface area contributed by atoms with Gasteiger partial charge in [0.15, 0.2) is 11.5 Å². The first kappa shape index (κ1) is 15.8. The van der Waals surface area contributed by atoms with Crippen molar-refractivity contribution in [3.8, 4) is 0 Å². The first-order chi connectivity index (χ1) is 10.9. The molecule has 0 radical (unpaired) electrons. The second-order valence-electron chi connectivity index (χ2n) is 5.86. The molecule has 1 amide bonds. The molecule has 124 valence electrons. The van der Waals surface area contributed by atoms with Crippen molar-refractivity contribution in [1.82, 2.24) is 19.9 Å². The summed E-state index contributed by atoms with van der Waals surface area (Å²) in [6, 6.07) is 5.43. The quantitative estimate of drug-likeness (QED) is 0.943. The van der Waals surface area contributed by atoms with Crippen molar-refractivity contribution in [2.45, 2.75) is 38.4 Å². The summed E-state index contributed by atoms with van der Waals surface area (Å²) in [5, 5.41) is 10.6. The van der Waals surface area contributed by atoms with Gasteiger partial charge in [-0.05, 0) is 31.4 Å². The van der Waals surface area contributed by atoms with Gasteiger partial charge in [0.05, 0.1) is 12.5 Å². The molecule has 2 aromatic heterocycles. The van der Waals surface area contributed by atoms with Gasteiger partial charge in [-0.25, -0.2) is 0 Å². The van der Waals surface area contributed by atoms with E-state index in [2.05, 4.69) is 15.5 Å². The van der Waals surface area contributed by atoms with Crippen molar-refractivity contribution in [3.63, 3.8) is 0 Å². The zero-order valence-electron chi connectivity index (χ0n) is 12.4. The predicted octanol–water partition coefficient (Wildman–Crippen LogP) is 2.71. The smallest absolute Gasteiger partial charge is 0.349 e. The van der Waals surface area contributed by atoms with Crippen LogP contribution in [0.15, 0.2) is 24.4 Å². The second-order valence-corrected chi connectivity index (χ2v) is 5.86. The number of halogens is 3. The van der Waals surface area contributed by atoms with Gasteiger partial charge in [-0.2, -0.15) is 13.2 Å². The Morgan fingerprint density at radius 3 is 2.91 bits per heavy atom. The molecule has 0 spiro atoms. The van der Waals surface area contributed by atoms with Crippen LogP contribution in [0.1, 0.15) is 31.5 Å². The standard InChI is InChI=1S/C15H17F3N4O/c16-15(17,18)11-5-3-4-10(8-11)14(23)19-9-13-21-20-12-6-1-2-7-22(12)13/h1-2,6-7,10-11H,3-5,8-9H2,(H,19,23)/t10-,11+/m0/s1. The fourth-order valence-corrected chi connectivity index (χ4v) is 3.05. The Morgan fingerprint density at radius 1 is 1.30 bits per heavy atom. The van der Waals surface area contributed by atoms with Crippen LogP contribution in [0.5, 0.6) is 0 Å². The Morgan fingerprint density at radius 2 is 2.13 bits per heavy atom. The largest absolute Gasteiger partial charge is 0.391 e. The van der Waals surface area contributed by atoms with E-state index in [1.54, 1.807) is 16.7 Å². The fraction of sp³-hybridized carbons (Fsp3) is 0.533. The van der Waals surface area contributed by atoms with E-state index in [0.29, 0.717) is 24.3 Å². The molecule has 1 saturated carbocycles. The molecule has 2 aromatic rings. The molecule has 1 fully saturated rings. The van der Waals surface area contributed by atoms with Crippen LogP contribution in [-0.4, -0.2) is 26.7 Å². The average molecular weight is 326 g/mol. The number of alkyl halides is 3. The number of nitrogens with one attached hydrogen (secondary N) is 1. The molecule has 0 aromatic carbocycles. The van der Waals surface area contributed by atoms with E-state index in [4.69, 9.17) is 0 Å². The number of carbonyl (C=O) groups is 1. The number of nitrogens with zero attached hydrogens (tertiary/aromatic N) is 3. The molecular weight excluding hydrogens is 309 g/mol. The van der Waals surface area contributed by atoms with Gasteiger partial charge in [-0.1, -0.05) is 12.5 Å². The predicted molar refractivity (Wildman–Crippen MR) is 76.3 cm³/mol. The zero-order chi connectivity index (χ0) is 16.4. The van der Waals surface area contributed by atoms with Gasteiger partial charge in [0.2, 0.25) is 5.91 Å². The summed E-state index contributed by atoms with van der Waals surface area (Å²) in [7, 11) is 0. The van der Waals surface area contributed by atoms with Gasteiger partial charge in [0.25, 0.3) is 0 Å². The number of aromatic nitrogens is 3. The molecule has 5 nitrogen and oxygen atoms in total. The number of carbonyl (C=O) groups excluding carboxylic acids is 1. The molecule has 1 aliphatic rings. The highest BCUT2D eigenvalue weighted by molar-refractivity contribution is 5.78. The molecular formula is C15H17F3N4O. The first-order valence-corrected chi connectivity index (χ1v) is 7.58. The number of pyridine rings is 1. The van der Waals surface area contributed by atoms with Crippen molar-refractivity contribution in [2.24, 2.45) is 11.8 Å². The molecule has 0 bridgehead atoms. The molecule has 2 atom stereocenters. The lowest BCUT2D eigenvalue weighted by Gasteiger charge is -2.29. The highest BCUT2D eigenvalue weighted by Crippen LogP contribution is 2.39. The highest BCUT2D eigenvalue weighted by Gasteiger charge is 2.43. The summed E-state index contributed by atoms with van der Waals surface area (Å²) in [6.07, 6.45) is -1.54. The van der Waals surface area contributed by atoms with Gasteiger partial charge < -0.3 is 5.32 Å². The van der Waals surface area contributed by atoms with E-state index in [1.165, 1.54) is 0 Å². The van der Waals surface area contributed by atoms with E-state index >= 15 is 0 Å². The fourth-order valence-electron chi connectivity index (χ4n) is 3.05. The Labute approximate surface area is 130 Å². The van der Waals surface area contributed by atoms with E-state index in [0.717, 1.165) is 0 Å². The Hall–Kier alpha value is -2.12. The van der Waals surface area contributed by atoms with Crippen LogP contribution in [-0.2, 0) is 11.3 Å². The number of amides is 1. The maximum absolute atomic E-state index is 12.8. The van der Waals surface area contributed by atoms with E-state index in [9.17, 15) is 18.0 Å². The van der Waals surface area contributed by atoms with Crippen LogP contribution < -0.4 is 5.32 Å². The third-order valence-corrected chi connectivity index (χ3v) is 4.31. The SMILES string of the molecule is O=C(NCc1nnc2ccccn12)[C@H]1CCC[C@@H](C(F)(F)F)C1. The first-order valence-electron chi connectivity index (χ1n) is 7.58. The van der Waals surface area contributed by atoms with E-state index < -0.39 is 18.0 Å². The lowest BCUT2D eigenvalue weighted by atomic mass is 9.80. The molecule has 0 aliphatic heterocycles. The molecule has 23 heavy (non-hydrogen) atoms. The Bertz CT molecular complexity index is 697. The van der Waals surface area contributed by atoms with Gasteiger partial charge >= 0.3 is 6.18 Å². The molecule has 0 saturated heterocycles. The van der Waals surface area contributed by atoms with Crippen LogP contribution in [0.2, 0.25) is 0 Å². The van der Waals surface area contributed by atoms with Gasteiger partial charge in [0.1, 0.15) is 0 Å².